The van der Waals surface area contributed by atoms with Crippen LogP contribution in [0.4, 0.5) is 18.0 Å². The Morgan fingerprint density at radius 2 is 2.05 bits per heavy atom. The third-order valence-corrected chi connectivity index (χ3v) is 3.11. The maximum Gasteiger partial charge on any atom is 0.433 e. The zero-order chi connectivity index (χ0) is 15.5. The molecule has 1 aromatic rings. The van der Waals surface area contributed by atoms with Crippen LogP contribution < -0.4 is 0 Å². The van der Waals surface area contributed by atoms with Crippen molar-refractivity contribution >= 4 is 6.09 Å². The minimum Gasteiger partial charge on any atom is -0.444 e. The molecule has 1 aromatic heterocycles. The number of aromatic nitrogens is 1. The molecule has 5 nitrogen and oxygen atoms in total. The highest BCUT2D eigenvalue weighted by Gasteiger charge is 2.32. The van der Waals surface area contributed by atoms with Crippen LogP contribution in [-0.2, 0) is 22.3 Å². The number of alkyl halides is 3. The molecule has 21 heavy (non-hydrogen) atoms. The summed E-state index contributed by atoms with van der Waals surface area (Å²) in [5.41, 5.74) is -0.313. The molecule has 0 aromatic carbocycles. The van der Waals surface area contributed by atoms with E-state index in [1.807, 2.05) is 0 Å². The number of ether oxygens (including phenoxy) is 2. The number of carbonyl (C=O) groups excluding carboxylic acids is 1. The lowest BCUT2D eigenvalue weighted by molar-refractivity contribution is -0.141. The number of nitrogens with zero attached hydrogens (tertiary/aromatic N) is 2. The first-order chi connectivity index (χ1) is 9.88. The summed E-state index contributed by atoms with van der Waals surface area (Å²) in [6, 6.07) is 2.16. The molecule has 0 spiro atoms. The van der Waals surface area contributed by atoms with Gasteiger partial charge in [-0.25, -0.2) is 9.78 Å². The van der Waals surface area contributed by atoms with E-state index in [9.17, 15) is 18.0 Å². The number of halogens is 3. The van der Waals surface area contributed by atoms with Gasteiger partial charge in [0.05, 0.1) is 13.2 Å². The van der Waals surface area contributed by atoms with Gasteiger partial charge in [-0.05, 0) is 13.0 Å². The predicted octanol–water partition coefficient (Wildman–Crippen LogP) is 2.38. The Labute approximate surface area is 119 Å². The van der Waals surface area contributed by atoms with Crippen LogP contribution in [0.5, 0.6) is 0 Å². The van der Waals surface area contributed by atoms with E-state index < -0.39 is 18.0 Å². The number of morpholine rings is 1. The number of carbonyl (C=O) groups is 1. The molecule has 0 bridgehead atoms. The average Bonchev–Trinajstić information content (AvgIpc) is 2.45. The lowest BCUT2D eigenvalue weighted by atomic mass is 10.2. The quantitative estimate of drug-likeness (QED) is 0.842. The first-order valence-corrected chi connectivity index (χ1v) is 6.41. The highest BCUT2D eigenvalue weighted by atomic mass is 19.4. The van der Waals surface area contributed by atoms with Crippen LogP contribution in [0.1, 0.15) is 17.0 Å². The highest BCUT2D eigenvalue weighted by molar-refractivity contribution is 5.67. The number of amides is 1. The minimum absolute atomic E-state index is 0.104. The van der Waals surface area contributed by atoms with Gasteiger partial charge in [-0.3, -0.25) is 0 Å². The summed E-state index contributed by atoms with van der Waals surface area (Å²) < 4.78 is 47.7. The van der Waals surface area contributed by atoms with Gasteiger partial charge in [0, 0.05) is 24.3 Å². The van der Waals surface area contributed by atoms with E-state index >= 15 is 0 Å². The normalized spacial score (nSPS) is 15.9. The van der Waals surface area contributed by atoms with Gasteiger partial charge < -0.3 is 14.4 Å². The molecule has 1 fully saturated rings. The second kappa shape index (κ2) is 6.30. The lowest BCUT2D eigenvalue weighted by Gasteiger charge is -2.26. The van der Waals surface area contributed by atoms with Crippen molar-refractivity contribution in [2.75, 3.05) is 26.3 Å². The van der Waals surface area contributed by atoms with Crippen molar-refractivity contribution in [3.05, 3.63) is 29.1 Å². The lowest BCUT2D eigenvalue weighted by Crippen LogP contribution is -2.40. The maximum atomic E-state index is 12.5. The summed E-state index contributed by atoms with van der Waals surface area (Å²) in [5, 5.41) is 0. The number of rotatable bonds is 2. The molecule has 1 aliphatic heterocycles. The fraction of sp³-hybridized carbons (Fsp3) is 0.538. The number of hydrogen-bond acceptors (Lipinski definition) is 4. The second-order valence-electron chi connectivity index (χ2n) is 4.59. The summed E-state index contributed by atoms with van der Waals surface area (Å²) in [4.78, 5) is 16.7. The smallest absolute Gasteiger partial charge is 0.433 e. The van der Waals surface area contributed by atoms with E-state index in [1.54, 1.807) is 0 Å². The molecule has 0 N–H and O–H groups in total. The van der Waals surface area contributed by atoms with E-state index in [0.29, 0.717) is 31.9 Å². The van der Waals surface area contributed by atoms with E-state index in [2.05, 4.69) is 4.98 Å². The van der Waals surface area contributed by atoms with Crippen molar-refractivity contribution in [2.45, 2.75) is 19.7 Å². The van der Waals surface area contributed by atoms with Gasteiger partial charge in [0.25, 0.3) is 0 Å². The maximum absolute atomic E-state index is 12.5. The number of aryl methyl sites for hydroxylation is 1. The van der Waals surface area contributed by atoms with Gasteiger partial charge >= 0.3 is 12.3 Å². The first kappa shape index (κ1) is 15.6. The standard InChI is InChI=1S/C13H15F3N2O3/c1-9-10(2-3-11(17-9)13(14,15)16)8-21-12(19)18-4-6-20-7-5-18/h2-3H,4-8H2,1H3. The van der Waals surface area contributed by atoms with Gasteiger partial charge in [0.2, 0.25) is 0 Å². The van der Waals surface area contributed by atoms with Crippen molar-refractivity contribution in [1.82, 2.24) is 9.88 Å². The van der Waals surface area contributed by atoms with Crippen LogP contribution in [-0.4, -0.2) is 42.3 Å². The summed E-state index contributed by atoms with van der Waals surface area (Å²) in [7, 11) is 0. The Kier molecular flexibility index (Phi) is 4.66. The Morgan fingerprint density at radius 1 is 1.38 bits per heavy atom. The number of pyridine rings is 1. The molecular weight excluding hydrogens is 289 g/mol. The van der Waals surface area contributed by atoms with Gasteiger partial charge in [0.1, 0.15) is 12.3 Å². The molecule has 0 saturated carbocycles. The zero-order valence-corrected chi connectivity index (χ0v) is 11.4. The van der Waals surface area contributed by atoms with Crippen molar-refractivity contribution in [1.29, 1.82) is 0 Å². The Morgan fingerprint density at radius 3 is 2.62 bits per heavy atom. The molecule has 0 radical (unpaired) electrons. The topological polar surface area (TPSA) is 51.7 Å². The Bertz CT molecular complexity index is 514. The van der Waals surface area contributed by atoms with E-state index in [-0.39, 0.29) is 12.3 Å². The molecule has 1 amide bonds. The van der Waals surface area contributed by atoms with Crippen LogP contribution >= 0.6 is 0 Å². The Balaban J connectivity index is 1.95. The van der Waals surface area contributed by atoms with Gasteiger partial charge in [-0.2, -0.15) is 13.2 Å². The first-order valence-electron chi connectivity index (χ1n) is 6.41. The summed E-state index contributed by atoms with van der Waals surface area (Å²) in [5.74, 6) is 0. The van der Waals surface area contributed by atoms with Crippen molar-refractivity contribution in [2.24, 2.45) is 0 Å². The third-order valence-electron chi connectivity index (χ3n) is 3.11. The summed E-state index contributed by atoms with van der Waals surface area (Å²) in [6.07, 6.45) is -4.98. The minimum atomic E-state index is -4.48. The fourth-order valence-electron chi connectivity index (χ4n) is 1.88. The monoisotopic (exact) mass is 304 g/mol. The number of hydrogen-bond donors (Lipinski definition) is 0. The van der Waals surface area contributed by atoms with E-state index in [1.165, 1.54) is 17.9 Å². The van der Waals surface area contributed by atoms with Gasteiger partial charge in [-0.1, -0.05) is 6.07 Å². The van der Waals surface area contributed by atoms with Crippen molar-refractivity contribution < 1.29 is 27.4 Å². The zero-order valence-electron chi connectivity index (χ0n) is 11.4. The average molecular weight is 304 g/mol. The molecule has 2 heterocycles. The van der Waals surface area contributed by atoms with Crippen LogP contribution in [0.25, 0.3) is 0 Å². The molecule has 1 aliphatic rings. The SMILES string of the molecule is Cc1nc(C(F)(F)F)ccc1COC(=O)N1CCOCC1. The molecule has 8 heteroatoms. The molecule has 116 valence electrons. The predicted molar refractivity (Wildman–Crippen MR) is 66.6 cm³/mol. The summed E-state index contributed by atoms with van der Waals surface area (Å²) in [6.45, 7) is 3.15. The molecule has 2 rings (SSSR count). The Hall–Kier alpha value is -1.83. The molecule has 0 aliphatic carbocycles. The molecule has 0 unspecified atom stereocenters. The van der Waals surface area contributed by atoms with Crippen LogP contribution in [0, 0.1) is 6.92 Å². The third kappa shape index (κ3) is 4.07. The van der Waals surface area contributed by atoms with Crippen LogP contribution in [0.15, 0.2) is 12.1 Å². The highest BCUT2D eigenvalue weighted by Crippen LogP contribution is 2.28. The van der Waals surface area contributed by atoms with Crippen LogP contribution in [0.3, 0.4) is 0 Å². The van der Waals surface area contributed by atoms with Gasteiger partial charge in [0.15, 0.2) is 0 Å². The van der Waals surface area contributed by atoms with E-state index in [4.69, 9.17) is 9.47 Å². The van der Waals surface area contributed by atoms with Crippen molar-refractivity contribution in [3.8, 4) is 0 Å². The largest absolute Gasteiger partial charge is 0.444 e. The van der Waals surface area contributed by atoms with Gasteiger partial charge in [-0.15, -0.1) is 0 Å². The second-order valence-corrected chi connectivity index (χ2v) is 4.59. The summed E-state index contributed by atoms with van der Waals surface area (Å²) >= 11 is 0. The molecule has 0 atom stereocenters. The molecular formula is C13H15F3N2O3. The molecule has 1 saturated heterocycles. The van der Waals surface area contributed by atoms with Crippen molar-refractivity contribution in [3.63, 3.8) is 0 Å². The van der Waals surface area contributed by atoms with E-state index in [0.717, 1.165) is 6.07 Å². The van der Waals surface area contributed by atoms with Crippen LogP contribution in [0.2, 0.25) is 0 Å². The fourth-order valence-corrected chi connectivity index (χ4v) is 1.88.